The minimum absolute atomic E-state index is 0.851. The van der Waals surface area contributed by atoms with E-state index in [0.29, 0.717) is 0 Å². The number of thiazole rings is 1. The Morgan fingerprint density at radius 3 is 2.88 bits per heavy atom. The number of aromatic nitrogens is 1. The predicted octanol–water partition coefficient (Wildman–Crippen LogP) is 3.34. The number of hydrogen-bond donors (Lipinski definition) is 1. The van der Waals surface area contributed by atoms with Crippen molar-refractivity contribution in [3.05, 3.63) is 11.1 Å². The number of hydrogen-bond acceptors (Lipinski definition) is 4. The van der Waals surface area contributed by atoms with Crippen molar-refractivity contribution in [2.75, 3.05) is 18.4 Å². The Labute approximate surface area is 108 Å². The van der Waals surface area contributed by atoms with Gasteiger partial charge in [0.1, 0.15) is 0 Å². The topological polar surface area (TPSA) is 28.2 Å². The van der Waals surface area contributed by atoms with E-state index in [1.807, 2.05) is 17.5 Å². The van der Waals surface area contributed by atoms with Crippen LogP contribution in [0.5, 0.6) is 0 Å². The highest BCUT2D eigenvalue weighted by atomic mass is 32.1. The fourth-order valence-electron chi connectivity index (χ4n) is 2.01. The van der Waals surface area contributed by atoms with Gasteiger partial charge in [0.25, 0.3) is 0 Å². The Kier molecular flexibility index (Phi) is 4.80. The zero-order valence-corrected chi connectivity index (χ0v) is 11.7. The summed E-state index contributed by atoms with van der Waals surface area (Å²) in [4.78, 5) is 8.43. The Morgan fingerprint density at radius 2 is 2.24 bits per heavy atom. The van der Waals surface area contributed by atoms with Crippen LogP contribution in [0.2, 0.25) is 0 Å². The molecule has 0 atom stereocenters. The van der Waals surface area contributed by atoms with E-state index in [4.69, 9.17) is 0 Å². The minimum Gasteiger partial charge on any atom is -0.362 e. The van der Waals surface area contributed by atoms with E-state index >= 15 is 0 Å². The highest BCUT2D eigenvalue weighted by molar-refractivity contribution is 7.15. The summed E-state index contributed by atoms with van der Waals surface area (Å²) < 4.78 is 0. The molecule has 2 rings (SSSR count). The lowest BCUT2D eigenvalue weighted by Gasteiger charge is -2.19. The first-order chi connectivity index (χ1) is 8.33. The van der Waals surface area contributed by atoms with Gasteiger partial charge in [0, 0.05) is 30.2 Å². The predicted molar refractivity (Wildman–Crippen MR) is 74.6 cm³/mol. The first-order valence-electron chi connectivity index (χ1n) is 6.76. The van der Waals surface area contributed by atoms with E-state index in [2.05, 4.69) is 29.0 Å². The number of rotatable bonds is 8. The molecule has 0 unspecified atom stereocenters. The van der Waals surface area contributed by atoms with Gasteiger partial charge >= 0.3 is 0 Å². The first-order valence-corrected chi connectivity index (χ1v) is 7.57. The summed E-state index contributed by atoms with van der Waals surface area (Å²) in [6.45, 7) is 7.77. The smallest absolute Gasteiger partial charge is 0.182 e. The molecule has 1 aliphatic carbocycles. The van der Waals surface area contributed by atoms with Gasteiger partial charge < -0.3 is 5.32 Å². The van der Waals surface area contributed by atoms with Crippen LogP contribution >= 0.6 is 11.3 Å². The molecular weight excluding hydrogens is 230 g/mol. The van der Waals surface area contributed by atoms with Crippen molar-refractivity contribution in [3.8, 4) is 0 Å². The van der Waals surface area contributed by atoms with Crippen LogP contribution in [0.25, 0.3) is 0 Å². The average molecular weight is 253 g/mol. The molecule has 1 aliphatic rings. The second-order valence-electron chi connectivity index (χ2n) is 4.76. The molecule has 3 nitrogen and oxygen atoms in total. The lowest BCUT2D eigenvalue weighted by molar-refractivity contribution is 0.257. The molecule has 0 bridgehead atoms. The Morgan fingerprint density at radius 1 is 1.41 bits per heavy atom. The molecule has 1 N–H and O–H groups in total. The highest BCUT2D eigenvalue weighted by Gasteiger charge is 2.28. The molecule has 17 heavy (non-hydrogen) atoms. The summed E-state index contributed by atoms with van der Waals surface area (Å²) in [5, 5.41) is 4.43. The third-order valence-corrected chi connectivity index (χ3v) is 3.95. The van der Waals surface area contributed by atoms with Gasteiger partial charge in [-0.1, -0.05) is 13.8 Å². The summed E-state index contributed by atoms with van der Waals surface area (Å²) in [5.41, 5.74) is 0. The van der Waals surface area contributed by atoms with Crippen molar-refractivity contribution < 1.29 is 0 Å². The van der Waals surface area contributed by atoms with Gasteiger partial charge in [-0.05, 0) is 32.2 Å². The molecule has 0 amide bonds. The van der Waals surface area contributed by atoms with Crippen LogP contribution in [0.4, 0.5) is 5.13 Å². The zero-order chi connectivity index (χ0) is 12.1. The number of nitrogens with one attached hydrogen (secondary N) is 1. The van der Waals surface area contributed by atoms with Crippen LogP contribution in [-0.2, 0) is 6.54 Å². The van der Waals surface area contributed by atoms with Gasteiger partial charge in [0.05, 0.1) is 0 Å². The van der Waals surface area contributed by atoms with Gasteiger partial charge in [0.15, 0.2) is 5.13 Å². The molecule has 0 spiro atoms. The van der Waals surface area contributed by atoms with Crippen LogP contribution in [0.15, 0.2) is 6.20 Å². The fourth-order valence-corrected chi connectivity index (χ4v) is 2.88. The molecule has 96 valence electrons. The molecule has 0 aromatic carbocycles. The van der Waals surface area contributed by atoms with Crippen LogP contribution in [0, 0.1) is 0 Å². The molecular formula is C13H23N3S. The summed E-state index contributed by atoms with van der Waals surface area (Å²) in [7, 11) is 0. The van der Waals surface area contributed by atoms with Gasteiger partial charge in [-0.15, -0.1) is 11.3 Å². The van der Waals surface area contributed by atoms with E-state index in [0.717, 1.165) is 30.7 Å². The van der Waals surface area contributed by atoms with Gasteiger partial charge in [0.2, 0.25) is 0 Å². The van der Waals surface area contributed by atoms with E-state index < -0.39 is 0 Å². The minimum atomic E-state index is 0.851. The van der Waals surface area contributed by atoms with Crippen LogP contribution in [0.1, 0.15) is 44.4 Å². The molecule has 1 heterocycles. The first kappa shape index (κ1) is 12.8. The van der Waals surface area contributed by atoms with Crippen molar-refractivity contribution >= 4 is 16.5 Å². The molecule has 1 aromatic rings. The molecule has 0 radical (unpaired) electrons. The van der Waals surface area contributed by atoms with E-state index in [9.17, 15) is 0 Å². The summed E-state index contributed by atoms with van der Waals surface area (Å²) in [5.74, 6) is 0. The maximum absolute atomic E-state index is 4.43. The molecule has 1 saturated carbocycles. The summed E-state index contributed by atoms with van der Waals surface area (Å²) >= 11 is 1.81. The quantitative estimate of drug-likeness (QED) is 0.770. The highest BCUT2D eigenvalue weighted by Crippen LogP contribution is 2.30. The Balaban J connectivity index is 1.85. The third kappa shape index (κ3) is 3.96. The van der Waals surface area contributed by atoms with Crippen molar-refractivity contribution in [2.45, 2.75) is 52.1 Å². The average Bonchev–Trinajstić information content (AvgIpc) is 3.08. The molecule has 0 saturated heterocycles. The number of anilines is 1. The van der Waals surface area contributed by atoms with Gasteiger partial charge in [-0.25, -0.2) is 4.98 Å². The van der Waals surface area contributed by atoms with Crippen molar-refractivity contribution in [3.63, 3.8) is 0 Å². The largest absolute Gasteiger partial charge is 0.362 e. The Bertz CT molecular complexity index is 333. The van der Waals surface area contributed by atoms with Crippen LogP contribution in [0.3, 0.4) is 0 Å². The lowest BCUT2D eigenvalue weighted by Crippen LogP contribution is -2.25. The second-order valence-corrected chi connectivity index (χ2v) is 5.88. The van der Waals surface area contributed by atoms with Gasteiger partial charge in [-0.3, -0.25) is 4.90 Å². The van der Waals surface area contributed by atoms with E-state index in [1.54, 1.807) is 0 Å². The van der Waals surface area contributed by atoms with Crippen LogP contribution in [-0.4, -0.2) is 29.0 Å². The molecule has 1 aromatic heterocycles. The second kappa shape index (κ2) is 6.36. The fraction of sp³-hybridized carbons (Fsp3) is 0.769. The molecule has 4 heteroatoms. The van der Waals surface area contributed by atoms with Gasteiger partial charge in [-0.2, -0.15) is 0 Å². The SMILES string of the molecule is CCCNc1ncc(CN(CCC)C2CC2)s1. The lowest BCUT2D eigenvalue weighted by atomic mass is 10.3. The maximum atomic E-state index is 4.43. The molecule has 0 aliphatic heterocycles. The summed E-state index contributed by atoms with van der Waals surface area (Å²) in [6, 6.07) is 0.851. The van der Waals surface area contributed by atoms with E-state index in [1.165, 1.54) is 30.7 Å². The zero-order valence-electron chi connectivity index (χ0n) is 10.9. The maximum Gasteiger partial charge on any atom is 0.182 e. The third-order valence-electron chi connectivity index (χ3n) is 3.01. The van der Waals surface area contributed by atoms with E-state index in [-0.39, 0.29) is 0 Å². The Hall–Kier alpha value is -0.610. The van der Waals surface area contributed by atoms with Crippen molar-refractivity contribution in [1.82, 2.24) is 9.88 Å². The molecule has 1 fully saturated rings. The van der Waals surface area contributed by atoms with Crippen molar-refractivity contribution in [1.29, 1.82) is 0 Å². The van der Waals surface area contributed by atoms with Crippen LogP contribution < -0.4 is 5.32 Å². The monoisotopic (exact) mass is 253 g/mol. The normalized spacial score (nSPS) is 15.5. The number of nitrogens with zero attached hydrogens (tertiary/aromatic N) is 2. The standard InChI is InChI=1S/C13H23N3S/c1-3-7-14-13-15-9-12(17-13)10-16(8-4-2)11-5-6-11/h9,11H,3-8,10H2,1-2H3,(H,14,15). The summed E-state index contributed by atoms with van der Waals surface area (Å²) in [6.07, 6.45) is 7.21. The van der Waals surface area contributed by atoms with Crippen molar-refractivity contribution in [2.24, 2.45) is 0 Å².